The van der Waals surface area contributed by atoms with Gasteiger partial charge in [-0.05, 0) is 86.1 Å². The summed E-state index contributed by atoms with van der Waals surface area (Å²) in [5.74, 6) is 0.508. The molecule has 9 nitrogen and oxygen atoms in total. The van der Waals surface area contributed by atoms with E-state index < -0.39 is 18.1 Å². The number of hydrogen-bond donors (Lipinski definition) is 3. The van der Waals surface area contributed by atoms with Crippen LogP contribution in [0.2, 0.25) is 5.02 Å². The second-order valence-corrected chi connectivity index (χ2v) is 12.7. The topological polar surface area (TPSA) is 134 Å². The third kappa shape index (κ3) is 9.14. The predicted octanol–water partition coefficient (Wildman–Crippen LogP) is 7.16. The van der Waals surface area contributed by atoms with Gasteiger partial charge in [-0.1, -0.05) is 45.7 Å². The highest BCUT2D eigenvalue weighted by molar-refractivity contribution is 9.09. The first-order chi connectivity index (χ1) is 22.6. The van der Waals surface area contributed by atoms with Crippen LogP contribution in [-0.4, -0.2) is 51.9 Å². The molecule has 2 aromatic carbocycles. The Hall–Kier alpha value is -3.88. The zero-order chi connectivity index (χ0) is 34.0. The van der Waals surface area contributed by atoms with Crippen LogP contribution in [0, 0.1) is 18.3 Å². The van der Waals surface area contributed by atoms with E-state index in [1.54, 1.807) is 24.4 Å². The zero-order valence-corrected chi connectivity index (χ0v) is 29.1. The van der Waals surface area contributed by atoms with Crippen LogP contribution >= 0.6 is 27.5 Å². The van der Waals surface area contributed by atoms with Gasteiger partial charge in [-0.2, -0.15) is 5.26 Å². The number of aromatic nitrogens is 1. The minimum atomic E-state index is -1.57. The van der Waals surface area contributed by atoms with Gasteiger partial charge in [-0.25, -0.2) is 0 Å². The van der Waals surface area contributed by atoms with Crippen LogP contribution in [-0.2, 0) is 17.9 Å². The molecule has 4 rings (SSSR count). The Morgan fingerprint density at radius 1 is 1.13 bits per heavy atom. The number of carboxylic acid groups (broad SMARTS) is 1. The third-order valence-corrected chi connectivity index (χ3v) is 8.99. The number of aliphatic carboxylic acids is 1. The van der Waals surface area contributed by atoms with Crippen LogP contribution in [0.4, 0.5) is 0 Å². The molecule has 47 heavy (non-hydrogen) atoms. The lowest BCUT2D eigenvalue weighted by atomic mass is 9.86. The largest absolute Gasteiger partial charge is 0.493 e. The molecule has 0 fully saturated rings. The summed E-state index contributed by atoms with van der Waals surface area (Å²) in [6, 6.07) is 13.2. The highest BCUT2D eigenvalue weighted by Crippen LogP contribution is 2.38. The number of nitrogens with zero attached hydrogens (tertiary/aromatic N) is 2. The van der Waals surface area contributed by atoms with Crippen LogP contribution in [0.1, 0.15) is 60.9 Å². The quantitative estimate of drug-likeness (QED) is 0.104. The van der Waals surface area contributed by atoms with E-state index in [2.05, 4.69) is 58.3 Å². The molecule has 0 spiro atoms. The number of allylic oxidation sites excluding steroid dienone is 3. The molecule has 3 aromatic rings. The van der Waals surface area contributed by atoms with Gasteiger partial charge < -0.3 is 24.4 Å². The van der Waals surface area contributed by atoms with E-state index in [0.717, 1.165) is 58.2 Å². The van der Waals surface area contributed by atoms with Crippen molar-refractivity contribution in [3.05, 3.63) is 98.9 Å². The van der Waals surface area contributed by atoms with Crippen LogP contribution in [0.3, 0.4) is 0 Å². The number of benzene rings is 2. The van der Waals surface area contributed by atoms with Crippen molar-refractivity contribution in [3.8, 4) is 23.3 Å². The summed E-state index contributed by atoms with van der Waals surface area (Å²) in [6.45, 7) is 6.09. The van der Waals surface area contributed by atoms with Crippen LogP contribution < -0.4 is 19.5 Å². The minimum Gasteiger partial charge on any atom is -0.493 e. The summed E-state index contributed by atoms with van der Waals surface area (Å²) in [5.41, 5.74) is 5.77. The number of nitrogens with one attached hydrogen (secondary N) is 1. The SMILES string of the molecule is CC1=C(COc2cc(OCc3cncc(C#N)c3)c(CN[C@@](C)(CO)C(=O)O)cc2Cl)CCC=C1c1cccc(OCCCBr)c1C. The molecule has 0 bridgehead atoms. The molecule has 0 saturated heterocycles. The predicted molar refractivity (Wildman–Crippen MR) is 185 cm³/mol. The first kappa shape index (κ1) is 36.0. The average Bonchev–Trinajstić information content (AvgIpc) is 3.07. The lowest BCUT2D eigenvalue weighted by Crippen LogP contribution is -2.52. The molecular weight excluding hydrogens is 686 g/mol. The molecule has 1 aromatic heterocycles. The molecule has 1 heterocycles. The summed E-state index contributed by atoms with van der Waals surface area (Å²) >= 11 is 10.2. The third-order valence-electron chi connectivity index (χ3n) is 8.13. The lowest BCUT2D eigenvalue weighted by molar-refractivity contribution is -0.145. The van der Waals surface area contributed by atoms with E-state index in [4.69, 9.17) is 25.8 Å². The van der Waals surface area contributed by atoms with Crippen molar-refractivity contribution in [3.63, 3.8) is 0 Å². The fourth-order valence-electron chi connectivity index (χ4n) is 5.12. The van der Waals surface area contributed by atoms with E-state index >= 15 is 0 Å². The smallest absolute Gasteiger partial charge is 0.326 e. The van der Waals surface area contributed by atoms with E-state index in [1.807, 2.05) is 12.1 Å². The molecule has 1 aliphatic rings. The van der Waals surface area contributed by atoms with Crippen molar-refractivity contribution in [2.75, 3.05) is 25.2 Å². The number of rotatable bonds is 16. The molecule has 3 N–H and O–H groups in total. The van der Waals surface area contributed by atoms with Crippen LogP contribution in [0.15, 0.2) is 66.0 Å². The van der Waals surface area contributed by atoms with Crippen molar-refractivity contribution in [1.29, 1.82) is 5.26 Å². The molecule has 1 aliphatic carbocycles. The number of carboxylic acids is 1. The van der Waals surface area contributed by atoms with Crippen molar-refractivity contribution in [1.82, 2.24) is 10.3 Å². The highest BCUT2D eigenvalue weighted by atomic mass is 79.9. The van der Waals surface area contributed by atoms with Gasteiger partial charge in [0.25, 0.3) is 0 Å². The van der Waals surface area contributed by atoms with E-state index in [-0.39, 0.29) is 13.2 Å². The highest BCUT2D eigenvalue weighted by Gasteiger charge is 2.32. The van der Waals surface area contributed by atoms with Gasteiger partial charge in [0, 0.05) is 41.5 Å². The maximum absolute atomic E-state index is 11.8. The minimum absolute atomic E-state index is 0.0475. The molecule has 0 unspecified atom stereocenters. The summed E-state index contributed by atoms with van der Waals surface area (Å²) < 4.78 is 18.5. The van der Waals surface area contributed by atoms with Crippen LogP contribution in [0.25, 0.3) is 5.57 Å². The molecule has 11 heteroatoms. The lowest BCUT2D eigenvalue weighted by Gasteiger charge is -2.25. The number of hydrogen-bond acceptors (Lipinski definition) is 8. The maximum Gasteiger partial charge on any atom is 0.326 e. The second kappa shape index (κ2) is 16.8. The number of pyridine rings is 1. The molecule has 0 aliphatic heterocycles. The fourth-order valence-corrected chi connectivity index (χ4v) is 5.59. The summed E-state index contributed by atoms with van der Waals surface area (Å²) in [7, 11) is 0. The standard InChI is InChI=1S/C36H39BrClN3O6/c1-23-27(7-4-8-29(23)30-9-5-10-32(24(30)2)45-12-6-11-37)21-47-34-15-33(46-20-26-13-25(16-39)17-40-18-26)28(14-31(34)38)19-41-36(3,22-42)35(43)44/h5,8-10,13-15,17-18,41-42H,4,6-7,11-12,19-22H2,1-3H3,(H,43,44)/t36-/m0/s1. The average molecular weight is 725 g/mol. The van der Waals surface area contributed by atoms with Gasteiger partial charge in [0.05, 0.1) is 23.8 Å². The Bertz CT molecular complexity index is 1700. The van der Waals surface area contributed by atoms with Gasteiger partial charge in [0.15, 0.2) is 0 Å². The Balaban J connectivity index is 1.58. The Kier molecular flexibility index (Phi) is 12.9. The van der Waals surface area contributed by atoms with Gasteiger partial charge in [0.1, 0.15) is 42.1 Å². The van der Waals surface area contributed by atoms with Crippen molar-refractivity contribution >= 4 is 39.1 Å². The summed E-state index contributed by atoms with van der Waals surface area (Å²) in [4.78, 5) is 15.9. The van der Waals surface area contributed by atoms with Crippen molar-refractivity contribution in [2.24, 2.45) is 0 Å². The Labute approximate surface area is 289 Å². The number of alkyl halides is 1. The second-order valence-electron chi connectivity index (χ2n) is 11.5. The first-order valence-electron chi connectivity index (χ1n) is 15.3. The van der Waals surface area contributed by atoms with E-state index in [9.17, 15) is 20.3 Å². The zero-order valence-electron chi connectivity index (χ0n) is 26.7. The normalized spacial score (nSPS) is 14.2. The molecule has 248 valence electrons. The molecular formula is C36H39BrClN3O6. The van der Waals surface area contributed by atoms with Gasteiger partial charge in [-0.15, -0.1) is 0 Å². The van der Waals surface area contributed by atoms with E-state index in [0.29, 0.717) is 46.4 Å². The monoisotopic (exact) mass is 723 g/mol. The number of carbonyl (C=O) groups is 1. The number of ether oxygens (including phenoxy) is 3. The molecule has 1 atom stereocenters. The van der Waals surface area contributed by atoms with Gasteiger partial charge in [-0.3, -0.25) is 15.1 Å². The number of halogens is 2. The number of nitriles is 1. The molecule has 0 saturated carbocycles. The van der Waals surface area contributed by atoms with Crippen molar-refractivity contribution < 1.29 is 29.2 Å². The Morgan fingerprint density at radius 2 is 1.91 bits per heavy atom. The van der Waals surface area contributed by atoms with E-state index in [1.165, 1.54) is 13.1 Å². The molecule has 0 amide bonds. The van der Waals surface area contributed by atoms with Gasteiger partial charge >= 0.3 is 5.97 Å². The van der Waals surface area contributed by atoms with Crippen LogP contribution in [0.5, 0.6) is 17.2 Å². The van der Waals surface area contributed by atoms with Gasteiger partial charge in [0.2, 0.25) is 0 Å². The number of aliphatic hydroxyl groups excluding tert-OH is 1. The number of aliphatic hydroxyl groups is 1. The molecule has 0 radical (unpaired) electrons. The maximum atomic E-state index is 11.8. The first-order valence-corrected chi connectivity index (χ1v) is 16.8. The Morgan fingerprint density at radius 3 is 2.64 bits per heavy atom. The van der Waals surface area contributed by atoms with Crippen molar-refractivity contribution in [2.45, 2.75) is 58.7 Å². The summed E-state index contributed by atoms with van der Waals surface area (Å²) in [6.07, 6.45) is 7.98. The summed E-state index contributed by atoms with van der Waals surface area (Å²) in [5, 5.41) is 32.7. The fraction of sp³-hybridized carbons (Fsp3) is 0.361.